The monoisotopic (exact) mass is 491 g/mol. The zero-order valence-electron chi connectivity index (χ0n) is 20.5. The zero-order valence-corrected chi connectivity index (χ0v) is 21.3. The molecule has 2 aromatic carbocycles. The predicted molar refractivity (Wildman–Crippen MR) is 138 cm³/mol. The Morgan fingerprint density at radius 3 is 2.20 bits per heavy atom. The average molecular weight is 492 g/mol. The third-order valence-corrected chi connectivity index (χ3v) is 6.30. The van der Waals surface area contributed by atoms with E-state index in [-0.39, 0.29) is 11.9 Å². The van der Waals surface area contributed by atoms with Crippen molar-refractivity contribution in [3.8, 4) is 34.3 Å². The number of rotatable bonds is 9. The highest BCUT2D eigenvalue weighted by Gasteiger charge is 2.21. The molecular weight excluding hydrogens is 462 g/mol. The van der Waals surface area contributed by atoms with Gasteiger partial charge in [0.25, 0.3) is 5.91 Å². The van der Waals surface area contributed by atoms with Gasteiger partial charge in [0.15, 0.2) is 0 Å². The molecular formula is C27H29N3O4S. The first-order valence-corrected chi connectivity index (χ1v) is 12.2. The minimum absolute atomic E-state index is 0.0377. The number of carbonyl (C=O) groups is 1. The quantitative estimate of drug-likeness (QED) is 0.328. The molecule has 0 unspecified atom stereocenters. The summed E-state index contributed by atoms with van der Waals surface area (Å²) < 4.78 is 18.5. The Bertz CT molecular complexity index is 1290. The summed E-state index contributed by atoms with van der Waals surface area (Å²) in [6, 6.07) is 17.1. The van der Waals surface area contributed by atoms with Crippen LogP contribution in [0.4, 0.5) is 0 Å². The van der Waals surface area contributed by atoms with Crippen LogP contribution in [-0.2, 0) is 6.61 Å². The number of nitrogens with zero attached hydrogens (tertiary/aromatic N) is 2. The van der Waals surface area contributed by atoms with Crippen LogP contribution >= 0.6 is 11.3 Å². The fourth-order valence-corrected chi connectivity index (χ4v) is 4.44. The third-order valence-electron chi connectivity index (χ3n) is 5.48. The molecule has 0 aliphatic heterocycles. The van der Waals surface area contributed by atoms with Crippen molar-refractivity contribution in [2.75, 3.05) is 14.2 Å². The predicted octanol–water partition coefficient (Wildman–Crippen LogP) is 5.64. The van der Waals surface area contributed by atoms with Gasteiger partial charge in [-0.05, 0) is 75.4 Å². The van der Waals surface area contributed by atoms with Gasteiger partial charge in [-0.25, -0.2) is 4.98 Å². The van der Waals surface area contributed by atoms with Gasteiger partial charge < -0.3 is 24.1 Å². The maximum Gasteiger partial charge on any atom is 0.253 e. The van der Waals surface area contributed by atoms with Gasteiger partial charge in [-0.1, -0.05) is 0 Å². The molecule has 0 atom stereocenters. The number of aromatic nitrogens is 2. The van der Waals surface area contributed by atoms with Crippen LogP contribution in [0.15, 0.2) is 60.0 Å². The second-order valence-electron chi connectivity index (χ2n) is 8.28. The molecule has 1 amide bonds. The second kappa shape index (κ2) is 10.7. The van der Waals surface area contributed by atoms with E-state index in [0.29, 0.717) is 12.2 Å². The van der Waals surface area contributed by atoms with Gasteiger partial charge in [0.1, 0.15) is 28.9 Å². The number of carbonyl (C=O) groups excluding carboxylic acids is 1. The van der Waals surface area contributed by atoms with Crippen molar-refractivity contribution in [1.29, 1.82) is 0 Å². The first-order valence-electron chi connectivity index (χ1n) is 11.3. The smallest absolute Gasteiger partial charge is 0.253 e. The largest absolute Gasteiger partial charge is 0.497 e. The molecule has 2 heterocycles. The molecule has 0 spiro atoms. The summed E-state index contributed by atoms with van der Waals surface area (Å²) in [5.74, 6) is 2.18. The van der Waals surface area contributed by atoms with E-state index in [1.165, 1.54) is 11.3 Å². The van der Waals surface area contributed by atoms with Gasteiger partial charge >= 0.3 is 0 Å². The van der Waals surface area contributed by atoms with Crippen molar-refractivity contribution in [2.24, 2.45) is 0 Å². The van der Waals surface area contributed by atoms with Crippen LogP contribution in [0.3, 0.4) is 0 Å². The summed E-state index contributed by atoms with van der Waals surface area (Å²) in [6.07, 6.45) is 0. The molecule has 0 aliphatic carbocycles. The van der Waals surface area contributed by atoms with Gasteiger partial charge in [0, 0.05) is 22.8 Å². The van der Waals surface area contributed by atoms with Gasteiger partial charge in [-0.2, -0.15) is 0 Å². The van der Waals surface area contributed by atoms with Gasteiger partial charge in [-0.15, -0.1) is 11.3 Å². The Kier molecular flexibility index (Phi) is 7.41. The molecule has 7 nitrogen and oxygen atoms in total. The molecule has 4 aromatic rings. The fraction of sp³-hybridized carbons (Fsp3) is 0.259. The standard InChI is InChI=1S/C27H29N3O4S/c1-17(2)28-27(31)23-14-25(30(18(23)3)19-6-8-20(32-4)9-7-19)24-16-35-26(29-24)15-34-22-12-10-21(33-5)11-13-22/h6-14,16-17H,15H2,1-5H3,(H,28,31). The summed E-state index contributed by atoms with van der Waals surface area (Å²) in [5, 5.41) is 5.82. The zero-order chi connectivity index (χ0) is 24.9. The van der Waals surface area contributed by atoms with Crippen molar-refractivity contribution in [3.63, 3.8) is 0 Å². The summed E-state index contributed by atoms with van der Waals surface area (Å²) in [7, 11) is 3.27. The molecule has 4 rings (SSSR count). The number of ether oxygens (including phenoxy) is 3. The third kappa shape index (κ3) is 5.49. The lowest BCUT2D eigenvalue weighted by Gasteiger charge is -2.12. The SMILES string of the molecule is COc1ccc(OCc2nc(-c3cc(C(=O)NC(C)C)c(C)n3-c3ccc(OC)cc3)cs2)cc1. The van der Waals surface area contributed by atoms with E-state index in [2.05, 4.69) is 9.88 Å². The van der Waals surface area contributed by atoms with E-state index >= 15 is 0 Å². The Morgan fingerprint density at radius 1 is 1.00 bits per heavy atom. The number of hydrogen-bond acceptors (Lipinski definition) is 6. The highest BCUT2D eigenvalue weighted by atomic mass is 32.1. The van der Waals surface area contributed by atoms with Crippen LogP contribution in [-0.4, -0.2) is 35.7 Å². The lowest BCUT2D eigenvalue weighted by atomic mass is 10.2. The molecule has 1 N–H and O–H groups in total. The van der Waals surface area contributed by atoms with Crippen LogP contribution in [0.5, 0.6) is 17.2 Å². The summed E-state index contributed by atoms with van der Waals surface area (Å²) >= 11 is 1.52. The number of thiazole rings is 1. The van der Waals surface area contributed by atoms with Crippen molar-refractivity contribution < 1.29 is 19.0 Å². The highest BCUT2D eigenvalue weighted by molar-refractivity contribution is 7.09. The first-order chi connectivity index (χ1) is 16.9. The molecule has 0 aliphatic rings. The Hall–Kier alpha value is -3.78. The highest BCUT2D eigenvalue weighted by Crippen LogP contribution is 2.31. The molecule has 0 saturated carbocycles. The lowest BCUT2D eigenvalue weighted by Crippen LogP contribution is -2.30. The average Bonchev–Trinajstić information content (AvgIpc) is 3.47. The molecule has 182 valence electrons. The van der Waals surface area contributed by atoms with E-state index < -0.39 is 0 Å². The maximum atomic E-state index is 12.9. The lowest BCUT2D eigenvalue weighted by molar-refractivity contribution is 0.0942. The summed E-state index contributed by atoms with van der Waals surface area (Å²) in [4.78, 5) is 17.7. The number of methoxy groups -OCH3 is 2. The number of benzene rings is 2. The molecule has 0 bridgehead atoms. The van der Waals surface area contributed by atoms with Crippen molar-refractivity contribution in [1.82, 2.24) is 14.9 Å². The molecule has 0 saturated heterocycles. The minimum Gasteiger partial charge on any atom is -0.497 e. The topological polar surface area (TPSA) is 74.6 Å². The van der Waals surface area contributed by atoms with Crippen LogP contribution in [0.25, 0.3) is 17.1 Å². The molecule has 35 heavy (non-hydrogen) atoms. The van der Waals surface area contributed by atoms with Gasteiger partial charge in [0.2, 0.25) is 0 Å². The number of nitrogens with one attached hydrogen (secondary N) is 1. The molecule has 8 heteroatoms. The van der Waals surface area contributed by atoms with Crippen LogP contribution in [0.2, 0.25) is 0 Å². The van der Waals surface area contributed by atoms with Crippen molar-refractivity contribution >= 4 is 17.2 Å². The van der Waals surface area contributed by atoms with E-state index in [9.17, 15) is 4.79 Å². The summed E-state index contributed by atoms with van der Waals surface area (Å²) in [6.45, 7) is 6.19. The van der Waals surface area contributed by atoms with E-state index in [4.69, 9.17) is 19.2 Å². The fourth-order valence-electron chi connectivity index (χ4n) is 3.74. The van der Waals surface area contributed by atoms with Crippen LogP contribution in [0, 0.1) is 6.92 Å². The molecule has 0 radical (unpaired) electrons. The van der Waals surface area contributed by atoms with E-state index in [0.717, 1.165) is 45.0 Å². The van der Waals surface area contributed by atoms with Crippen LogP contribution in [0.1, 0.15) is 34.9 Å². The maximum absolute atomic E-state index is 12.9. The number of hydrogen-bond donors (Lipinski definition) is 1. The van der Waals surface area contributed by atoms with Crippen molar-refractivity contribution in [2.45, 2.75) is 33.4 Å². The van der Waals surface area contributed by atoms with E-state index in [1.807, 2.05) is 80.7 Å². The first kappa shape index (κ1) is 24.3. The van der Waals surface area contributed by atoms with Gasteiger partial charge in [-0.3, -0.25) is 4.79 Å². The Labute approximate surface area is 209 Å². The second-order valence-corrected chi connectivity index (χ2v) is 9.22. The molecule has 0 fully saturated rings. The Morgan fingerprint density at radius 2 is 1.60 bits per heavy atom. The normalized spacial score (nSPS) is 10.9. The van der Waals surface area contributed by atoms with E-state index in [1.54, 1.807) is 14.2 Å². The Balaban J connectivity index is 1.65. The molecule has 2 aromatic heterocycles. The minimum atomic E-state index is -0.107. The summed E-state index contributed by atoms with van der Waals surface area (Å²) in [5.41, 5.74) is 4.01. The van der Waals surface area contributed by atoms with Crippen LogP contribution < -0.4 is 19.5 Å². The number of amides is 1. The van der Waals surface area contributed by atoms with Crippen molar-refractivity contribution in [3.05, 3.63) is 76.2 Å². The van der Waals surface area contributed by atoms with Gasteiger partial charge in [0.05, 0.1) is 31.2 Å².